The first-order valence-corrected chi connectivity index (χ1v) is 26.9. The van der Waals surface area contributed by atoms with Gasteiger partial charge in [-0.3, -0.25) is 13.5 Å². The first kappa shape index (κ1) is 41.2. The summed E-state index contributed by atoms with van der Waals surface area (Å²) < 4.78 is 9.28. The number of imidazole rings is 2. The Kier molecular flexibility index (Phi) is 9.18. The van der Waals surface area contributed by atoms with Crippen molar-refractivity contribution in [3.8, 4) is 28.5 Å². The SMILES string of the molecule is c1ccc([Si](c2ccccc2)(c2ccccc2)c2ccc3c(c2)c2ccccc2n3-c2cc(-c3cccc(-n4c5ccccc5c5ccccc54)c3)cc(-n3c4ccccc4n4c5ccccc5nc34)n2)cc1. The van der Waals surface area contributed by atoms with Crippen LogP contribution in [0, 0.1) is 0 Å². The highest BCUT2D eigenvalue weighted by Gasteiger charge is 2.41. The monoisotopic (exact) mass is 948 g/mol. The smallest absolute Gasteiger partial charge is 0.221 e. The van der Waals surface area contributed by atoms with Crippen molar-refractivity contribution in [1.29, 1.82) is 0 Å². The molecule has 73 heavy (non-hydrogen) atoms. The normalized spacial score (nSPS) is 12.1. The van der Waals surface area contributed by atoms with Crippen molar-refractivity contribution in [3.05, 3.63) is 267 Å². The molecular weight excluding hydrogens is 905 g/mol. The Morgan fingerprint density at radius 3 is 1.37 bits per heavy atom. The molecule has 0 aliphatic rings. The van der Waals surface area contributed by atoms with Crippen molar-refractivity contribution < 1.29 is 0 Å². The third-order valence-electron chi connectivity index (χ3n) is 15.1. The van der Waals surface area contributed by atoms with Gasteiger partial charge in [-0.2, -0.15) is 0 Å². The van der Waals surface area contributed by atoms with Gasteiger partial charge < -0.3 is 4.57 Å². The van der Waals surface area contributed by atoms with E-state index in [9.17, 15) is 0 Å². The van der Waals surface area contributed by atoms with Gasteiger partial charge in [0, 0.05) is 27.2 Å². The van der Waals surface area contributed by atoms with Crippen LogP contribution in [0.2, 0.25) is 0 Å². The van der Waals surface area contributed by atoms with Gasteiger partial charge in [0.25, 0.3) is 0 Å². The highest BCUT2D eigenvalue weighted by Crippen LogP contribution is 2.38. The maximum atomic E-state index is 5.76. The molecule has 7 heteroatoms. The molecule has 5 aromatic heterocycles. The van der Waals surface area contributed by atoms with Crippen LogP contribution in [0.15, 0.2) is 267 Å². The van der Waals surface area contributed by atoms with Gasteiger partial charge in [-0.15, -0.1) is 0 Å². The minimum atomic E-state index is -2.84. The predicted molar refractivity (Wildman–Crippen MR) is 305 cm³/mol. The second-order valence-electron chi connectivity index (χ2n) is 19.0. The van der Waals surface area contributed by atoms with Crippen LogP contribution in [-0.4, -0.2) is 36.1 Å². The fourth-order valence-electron chi connectivity index (χ4n) is 12.0. The van der Waals surface area contributed by atoms with Gasteiger partial charge in [-0.25, -0.2) is 9.97 Å². The lowest BCUT2D eigenvalue weighted by molar-refractivity contribution is 0.996. The van der Waals surface area contributed by atoms with Gasteiger partial charge in [0.2, 0.25) is 5.78 Å². The molecule has 0 amide bonds. The Balaban J connectivity index is 1.01. The second kappa shape index (κ2) is 16.2. The van der Waals surface area contributed by atoms with E-state index in [4.69, 9.17) is 9.97 Å². The number of aromatic nitrogens is 6. The molecule has 15 rings (SSSR count). The lowest BCUT2D eigenvalue weighted by Crippen LogP contribution is -2.74. The molecule has 15 aromatic rings. The number of hydrogen-bond acceptors (Lipinski definition) is 2. The van der Waals surface area contributed by atoms with E-state index in [-0.39, 0.29) is 0 Å². The maximum absolute atomic E-state index is 5.76. The van der Waals surface area contributed by atoms with E-state index in [2.05, 4.69) is 285 Å². The number of benzene rings is 10. The molecule has 0 bridgehead atoms. The zero-order valence-corrected chi connectivity index (χ0v) is 40.6. The number of fused-ring (bicyclic) bond motifs is 11. The molecular formula is C66H44N6Si. The number of nitrogens with zero attached hydrogens (tertiary/aromatic N) is 6. The molecule has 0 unspecified atom stereocenters. The Morgan fingerprint density at radius 2 is 0.753 bits per heavy atom. The van der Waals surface area contributed by atoms with E-state index in [1.54, 1.807) is 0 Å². The summed E-state index contributed by atoms with van der Waals surface area (Å²) >= 11 is 0. The van der Waals surface area contributed by atoms with Crippen molar-refractivity contribution in [2.45, 2.75) is 0 Å². The third-order valence-corrected chi connectivity index (χ3v) is 19.9. The van der Waals surface area contributed by atoms with Crippen LogP contribution < -0.4 is 20.7 Å². The largest absolute Gasteiger partial charge is 0.309 e. The average molecular weight is 949 g/mol. The van der Waals surface area contributed by atoms with Crippen molar-refractivity contribution in [2.75, 3.05) is 0 Å². The number of para-hydroxylation sites is 7. The number of pyridine rings is 1. The summed E-state index contributed by atoms with van der Waals surface area (Å²) in [5.74, 6) is 2.41. The molecule has 0 aliphatic carbocycles. The molecule has 0 N–H and O–H groups in total. The van der Waals surface area contributed by atoms with Crippen molar-refractivity contribution >= 4 is 100 Å². The fraction of sp³-hybridized carbons (Fsp3) is 0. The van der Waals surface area contributed by atoms with Gasteiger partial charge in [0.15, 0.2) is 8.07 Å². The van der Waals surface area contributed by atoms with Crippen LogP contribution in [0.5, 0.6) is 0 Å². The third kappa shape index (κ3) is 6.16. The van der Waals surface area contributed by atoms with E-state index in [0.29, 0.717) is 0 Å². The zero-order valence-electron chi connectivity index (χ0n) is 39.6. The predicted octanol–water partition coefficient (Wildman–Crippen LogP) is 13.1. The van der Waals surface area contributed by atoms with Crippen LogP contribution in [0.3, 0.4) is 0 Å². The Hall–Kier alpha value is -9.56. The molecule has 0 saturated heterocycles. The average Bonchev–Trinajstić information content (AvgIpc) is 4.20. The molecule has 6 nitrogen and oxygen atoms in total. The highest BCUT2D eigenvalue weighted by molar-refractivity contribution is 7.20. The summed E-state index contributed by atoms with van der Waals surface area (Å²) in [5.41, 5.74) is 11.8. The quantitative estimate of drug-likeness (QED) is 0.113. The van der Waals surface area contributed by atoms with Gasteiger partial charge in [0.05, 0.1) is 44.1 Å². The van der Waals surface area contributed by atoms with Crippen molar-refractivity contribution in [1.82, 2.24) is 28.1 Å². The summed E-state index contributed by atoms with van der Waals surface area (Å²) in [4.78, 5) is 11.1. The van der Waals surface area contributed by atoms with E-state index in [1.807, 2.05) is 0 Å². The van der Waals surface area contributed by atoms with E-state index in [0.717, 1.165) is 67.3 Å². The van der Waals surface area contributed by atoms with Gasteiger partial charge in [-0.1, -0.05) is 194 Å². The molecule has 0 saturated carbocycles. The van der Waals surface area contributed by atoms with Gasteiger partial charge in [0.1, 0.15) is 11.6 Å². The maximum Gasteiger partial charge on any atom is 0.221 e. The summed E-state index contributed by atoms with van der Waals surface area (Å²) in [5, 5.41) is 10.2. The molecule has 0 spiro atoms. The molecule has 0 radical (unpaired) electrons. The molecule has 0 atom stereocenters. The fourth-order valence-corrected chi connectivity index (χ4v) is 16.8. The molecule has 10 aromatic carbocycles. The number of hydrogen-bond donors (Lipinski definition) is 0. The van der Waals surface area contributed by atoms with E-state index in [1.165, 1.54) is 53.3 Å². The van der Waals surface area contributed by atoms with E-state index >= 15 is 0 Å². The van der Waals surface area contributed by atoms with Crippen molar-refractivity contribution in [2.24, 2.45) is 0 Å². The standard InChI is InChI=1S/C66H44N6Si/c1-4-23-48(24-5-1)73(49-25-6-2-7-26-49,50-27-8-3-9-28-50)51-39-40-60-55(44-51)54-31-12-16-35-59(54)70(60)64-42-46(45-21-20-22-47(41-45)69-57-33-14-10-29-52(57)53-30-11-15-34-58(53)69)43-65(68-64)72-63-38-19-18-37-62(63)71-61-36-17-13-32-56(61)67-66(71)72/h1-44H. The van der Waals surface area contributed by atoms with Crippen LogP contribution >= 0.6 is 0 Å². The Bertz CT molecular complexity index is 4470. The van der Waals surface area contributed by atoms with Crippen molar-refractivity contribution in [3.63, 3.8) is 0 Å². The summed E-state index contributed by atoms with van der Waals surface area (Å²) in [6, 6.07) is 97.4. The summed E-state index contributed by atoms with van der Waals surface area (Å²) in [6.07, 6.45) is 0. The Labute approximate surface area is 421 Å². The minimum absolute atomic E-state index is 0.780. The number of rotatable bonds is 8. The summed E-state index contributed by atoms with van der Waals surface area (Å²) in [6.45, 7) is 0. The molecule has 342 valence electrons. The second-order valence-corrected chi connectivity index (χ2v) is 22.8. The minimum Gasteiger partial charge on any atom is -0.309 e. The van der Waals surface area contributed by atoms with E-state index < -0.39 is 8.07 Å². The first-order valence-electron chi connectivity index (χ1n) is 24.9. The lowest BCUT2D eigenvalue weighted by Gasteiger charge is -2.34. The molecule has 5 heterocycles. The molecule has 0 fully saturated rings. The lowest BCUT2D eigenvalue weighted by atomic mass is 10.1. The van der Waals surface area contributed by atoms with Crippen LogP contribution in [0.1, 0.15) is 0 Å². The van der Waals surface area contributed by atoms with Crippen LogP contribution in [-0.2, 0) is 0 Å². The van der Waals surface area contributed by atoms with Crippen LogP contribution in [0.4, 0.5) is 0 Å². The molecule has 0 aliphatic heterocycles. The topological polar surface area (TPSA) is 45.0 Å². The Morgan fingerprint density at radius 1 is 0.274 bits per heavy atom. The van der Waals surface area contributed by atoms with Gasteiger partial charge >= 0.3 is 0 Å². The highest BCUT2D eigenvalue weighted by atomic mass is 28.3. The zero-order chi connectivity index (χ0) is 48.0. The first-order chi connectivity index (χ1) is 36.2. The summed E-state index contributed by atoms with van der Waals surface area (Å²) in [7, 11) is -2.84. The van der Waals surface area contributed by atoms with Gasteiger partial charge in [-0.05, 0) is 105 Å². The van der Waals surface area contributed by atoms with Crippen LogP contribution in [0.25, 0.3) is 99.9 Å².